The number of cyclic esters (lactones) is 1. The molecule has 0 aliphatic carbocycles. The zero-order valence-corrected chi connectivity index (χ0v) is 13.1. The van der Waals surface area contributed by atoms with Crippen LogP contribution in [-0.2, 0) is 15.1 Å². The first-order valence-electron chi connectivity index (χ1n) is 7.13. The van der Waals surface area contributed by atoms with Crippen LogP contribution in [0, 0.1) is 0 Å². The minimum atomic E-state index is -4.77. The molecule has 1 aliphatic rings. The Morgan fingerprint density at radius 3 is 2.21 bits per heavy atom. The maximum atomic E-state index is 13.9. The summed E-state index contributed by atoms with van der Waals surface area (Å²) in [7, 11) is 0. The summed E-state index contributed by atoms with van der Waals surface area (Å²) in [6.07, 6.45) is -4.16. The van der Waals surface area contributed by atoms with Gasteiger partial charge in [0.05, 0.1) is 0 Å². The summed E-state index contributed by atoms with van der Waals surface area (Å²) in [5.74, 6) is -1.02. The molecule has 2 aromatic carbocycles. The maximum absolute atomic E-state index is 13.9. The molecule has 3 rings (SSSR count). The normalized spacial score (nSPS) is 21.2. The third-order valence-corrected chi connectivity index (χ3v) is 4.17. The van der Waals surface area contributed by atoms with Crippen LogP contribution < -0.4 is 0 Å². The molecule has 0 bridgehead atoms. The summed E-state index contributed by atoms with van der Waals surface area (Å²) < 4.78 is 46.6. The fourth-order valence-electron chi connectivity index (χ4n) is 2.74. The van der Waals surface area contributed by atoms with Crippen LogP contribution in [0.2, 0.25) is 5.02 Å². The minimum absolute atomic E-state index is 0.158. The van der Waals surface area contributed by atoms with Crippen molar-refractivity contribution in [2.45, 2.75) is 18.2 Å². The monoisotopic (exact) mass is 352 g/mol. The second-order valence-electron chi connectivity index (χ2n) is 5.47. The van der Waals surface area contributed by atoms with Gasteiger partial charge in [0.25, 0.3) is 0 Å². The van der Waals surface area contributed by atoms with Crippen LogP contribution in [-0.4, -0.2) is 12.1 Å². The molecule has 1 atom stereocenters. The van der Waals surface area contributed by atoms with Crippen LogP contribution in [0.5, 0.6) is 0 Å². The standard InChI is InChI=1S/C18H12ClF3O2/c19-15-8-6-14(7-9-15)17(18(20,21)22)11-13(10-16(23)24-17)12-4-2-1-3-5-12/h1-10H,11H2/t17-/m1/s1. The average Bonchev–Trinajstić information content (AvgIpc) is 2.54. The van der Waals surface area contributed by atoms with Gasteiger partial charge in [0.1, 0.15) is 0 Å². The van der Waals surface area contributed by atoms with E-state index in [1.807, 2.05) is 0 Å². The predicted octanol–water partition coefficient (Wildman–Crippen LogP) is 5.13. The number of carbonyl (C=O) groups is 1. The van der Waals surface area contributed by atoms with Gasteiger partial charge in [-0.05, 0) is 23.3 Å². The number of esters is 1. The fourth-order valence-corrected chi connectivity index (χ4v) is 2.86. The van der Waals surface area contributed by atoms with E-state index in [4.69, 9.17) is 16.3 Å². The predicted molar refractivity (Wildman–Crippen MR) is 84.3 cm³/mol. The molecule has 0 amide bonds. The Morgan fingerprint density at radius 2 is 1.62 bits per heavy atom. The largest absolute Gasteiger partial charge is 0.441 e. The zero-order valence-electron chi connectivity index (χ0n) is 12.3. The van der Waals surface area contributed by atoms with Crippen molar-refractivity contribution in [2.75, 3.05) is 0 Å². The van der Waals surface area contributed by atoms with Gasteiger partial charge in [0.2, 0.25) is 5.60 Å². The van der Waals surface area contributed by atoms with Gasteiger partial charge in [-0.1, -0.05) is 54.1 Å². The number of benzene rings is 2. The van der Waals surface area contributed by atoms with E-state index in [0.717, 1.165) is 6.08 Å². The van der Waals surface area contributed by atoms with Crippen LogP contribution in [0.15, 0.2) is 60.7 Å². The molecule has 6 heteroatoms. The highest BCUT2D eigenvalue weighted by Gasteiger charge is 2.60. The first-order chi connectivity index (χ1) is 11.3. The summed E-state index contributed by atoms with van der Waals surface area (Å²) >= 11 is 5.76. The van der Waals surface area contributed by atoms with E-state index in [9.17, 15) is 18.0 Å². The lowest BCUT2D eigenvalue weighted by Crippen LogP contribution is -2.48. The van der Waals surface area contributed by atoms with Gasteiger partial charge in [-0.3, -0.25) is 0 Å². The first-order valence-corrected chi connectivity index (χ1v) is 7.51. The maximum Gasteiger partial charge on any atom is 0.433 e. The second-order valence-corrected chi connectivity index (χ2v) is 5.90. The Bertz CT molecular complexity index is 782. The molecular formula is C18H12ClF3O2. The zero-order chi connectivity index (χ0) is 17.4. The number of alkyl halides is 3. The van der Waals surface area contributed by atoms with Gasteiger partial charge < -0.3 is 4.74 Å². The Hall–Kier alpha value is -2.27. The van der Waals surface area contributed by atoms with E-state index >= 15 is 0 Å². The van der Waals surface area contributed by atoms with Crippen molar-refractivity contribution in [2.24, 2.45) is 0 Å². The molecule has 2 nitrogen and oxygen atoms in total. The molecule has 124 valence electrons. The fraction of sp³-hybridized carbons (Fsp3) is 0.167. The highest BCUT2D eigenvalue weighted by atomic mass is 35.5. The SMILES string of the molecule is O=C1C=C(c2ccccc2)C[C@@](c2ccc(Cl)cc2)(C(F)(F)F)O1. The van der Waals surface area contributed by atoms with Crippen LogP contribution in [0.1, 0.15) is 17.5 Å². The molecule has 0 radical (unpaired) electrons. The van der Waals surface area contributed by atoms with Crippen LogP contribution >= 0.6 is 11.6 Å². The van der Waals surface area contributed by atoms with Gasteiger partial charge in [-0.2, -0.15) is 13.2 Å². The molecular weight excluding hydrogens is 341 g/mol. The molecule has 0 N–H and O–H groups in total. The lowest BCUT2D eigenvalue weighted by Gasteiger charge is -2.38. The molecule has 0 saturated heterocycles. The third kappa shape index (κ3) is 2.91. The van der Waals surface area contributed by atoms with Crippen LogP contribution in [0.4, 0.5) is 13.2 Å². The highest BCUT2D eigenvalue weighted by molar-refractivity contribution is 6.30. The molecule has 2 aromatic rings. The van der Waals surface area contributed by atoms with Crippen molar-refractivity contribution in [1.82, 2.24) is 0 Å². The summed E-state index contributed by atoms with van der Waals surface area (Å²) in [5, 5.41) is 0.303. The van der Waals surface area contributed by atoms with Crippen molar-refractivity contribution in [3.8, 4) is 0 Å². The molecule has 0 spiro atoms. The molecule has 0 aromatic heterocycles. The minimum Gasteiger partial charge on any atom is -0.441 e. The number of carbonyl (C=O) groups excluding carboxylic acids is 1. The number of halogens is 4. The van der Waals surface area contributed by atoms with Gasteiger partial charge in [0, 0.05) is 23.1 Å². The van der Waals surface area contributed by atoms with Crippen LogP contribution in [0.3, 0.4) is 0 Å². The van der Waals surface area contributed by atoms with E-state index in [0.29, 0.717) is 10.6 Å². The molecule has 1 aliphatic heterocycles. The molecule has 24 heavy (non-hydrogen) atoms. The van der Waals surface area contributed by atoms with E-state index in [1.165, 1.54) is 24.3 Å². The summed E-state index contributed by atoms with van der Waals surface area (Å²) in [5.41, 5.74) is -2.06. The quantitative estimate of drug-likeness (QED) is 0.700. The third-order valence-electron chi connectivity index (χ3n) is 3.92. The summed E-state index contributed by atoms with van der Waals surface area (Å²) in [4.78, 5) is 11.9. The van der Waals surface area contributed by atoms with Crippen LogP contribution in [0.25, 0.3) is 5.57 Å². The first kappa shape index (κ1) is 16.6. The van der Waals surface area contributed by atoms with E-state index in [1.54, 1.807) is 30.3 Å². The number of hydrogen-bond acceptors (Lipinski definition) is 2. The molecule has 0 unspecified atom stereocenters. The average molecular weight is 353 g/mol. The van der Waals surface area contributed by atoms with E-state index < -0.39 is 24.2 Å². The number of ether oxygens (including phenoxy) is 1. The number of rotatable bonds is 2. The van der Waals surface area contributed by atoms with Gasteiger partial charge >= 0.3 is 12.1 Å². The molecule has 0 saturated carbocycles. The van der Waals surface area contributed by atoms with Gasteiger partial charge in [-0.15, -0.1) is 0 Å². The lowest BCUT2D eigenvalue weighted by molar-refractivity contribution is -0.274. The summed E-state index contributed by atoms with van der Waals surface area (Å²) in [6, 6.07) is 13.6. The number of hydrogen-bond donors (Lipinski definition) is 0. The van der Waals surface area contributed by atoms with Crippen molar-refractivity contribution in [3.05, 3.63) is 76.8 Å². The van der Waals surface area contributed by atoms with Crippen molar-refractivity contribution < 1.29 is 22.7 Å². The second kappa shape index (κ2) is 5.98. The van der Waals surface area contributed by atoms with Crippen molar-refractivity contribution >= 4 is 23.1 Å². The Balaban J connectivity index is 2.12. The van der Waals surface area contributed by atoms with Crippen molar-refractivity contribution in [3.63, 3.8) is 0 Å². The van der Waals surface area contributed by atoms with Gasteiger partial charge in [0.15, 0.2) is 0 Å². The van der Waals surface area contributed by atoms with E-state index in [-0.39, 0.29) is 11.1 Å². The Kier molecular flexibility index (Phi) is 4.13. The Morgan fingerprint density at radius 1 is 1.00 bits per heavy atom. The lowest BCUT2D eigenvalue weighted by atomic mass is 9.82. The van der Waals surface area contributed by atoms with Gasteiger partial charge in [-0.25, -0.2) is 4.79 Å². The topological polar surface area (TPSA) is 26.3 Å². The van der Waals surface area contributed by atoms with E-state index in [2.05, 4.69) is 0 Å². The summed E-state index contributed by atoms with van der Waals surface area (Å²) in [6.45, 7) is 0. The highest BCUT2D eigenvalue weighted by Crippen LogP contribution is 2.50. The van der Waals surface area contributed by atoms with Crippen molar-refractivity contribution in [1.29, 1.82) is 0 Å². The molecule has 1 heterocycles. The smallest absolute Gasteiger partial charge is 0.433 e. The Labute approximate surface area is 141 Å². The molecule has 0 fully saturated rings.